The average Bonchev–Trinajstić information content (AvgIpc) is 3.02. The molecule has 4 heterocycles. The van der Waals surface area contributed by atoms with E-state index in [1.165, 1.54) is 22.6 Å². The molecule has 0 aromatic carbocycles. The van der Waals surface area contributed by atoms with E-state index in [1.54, 1.807) is 12.6 Å². The van der Waals surface area contributed by atoms with Crippen molar-refractivity contribution in [3.8, 4) is 0 Å². The third-order valence-corrected chi connectivity index (χ3v) is 5.14. The van der Waals surface area contributed by atoms with Crippen molar-refractivity contribution in [3.05, 3.63) is 41.7 Å². The van der Waals surface area contributed by atoms with Crippen LogP contribution in [0.15, 0.2) is 29.3 Å². The Labute approximate surface area is 143 Å². The molecule has 0 atom stereocenters. The van der Waals surface area contributed by atoms with Crippen LogP contribution in [-0.2, 0) is 19.4 Å². The standard InChI is InChI=1S/C18H25N5O/c1-21-7-9-23(10-8-21)18-16-2-5-22(12-15-4-11-24-13-15)6-3-17(16)19-14-20-18/h4,11,13-14H,2-3,5-10,12H2,1H3. The lowest BCUT2D eigenvalue weighted by Crippen LogP contribution is -2.45. The zero-order valence-corrected chi connectivity index (χ0v) is 14.3. The Balaban J connectivity index is 1.50. The molecule has 0 saturated carbocycles. The maximum Gasteiger partial charge on any atom is 0.135 e. The van der Waals surface area contributed by atoms with Gasteiger partial charge in [-0.3, -0.25) is 4.90 Å². The smallest absolute Gasteiger partial charge is 0.135 e. The Bertz CT molecular complexity index is 664. The van der Waals surface area contributed by atoms with E-state index in [-0.39, 0.29) is 0 Å². The number of hydrogen-bond donors (Lipinski definition) is 0. The molecule has 0 N–H and O–H groups in total. The molecule has 4 rings (SSSR count). The zero-order chi connectivity index (χ0) is 16.4. The van der Waals surface area contributed by atoms with Crippen LogP contribution in [-0.4, -0.2) is 66.1 Å². The van der Waals surface area contributed by atoms with Gasteiger partial charge in [0.05, 0.1) is 18.2 Å². The highest BCUT2D eigenvalue weighted by Gasteiger charge is 2.23. The lowest BCUT2D eigenvalue weighted by Gasteiger charge is -2.34. The normalized spacial score (nSPS) is 20.0. The van der Waals surface area contributed by atoms with E-state index in [0.717, 1.165) is 58.7 Å². The van der Waals surface area contributed by atoms with Crippen molar-refractivity contribution in [2.75, 3.05) is 51.2 Å². The van der Waals surface area contributed by atoms with Crippen molar-refractivity contribution >= 4 is 5.82 Å². The highest BCUT2D eigenvalue weighted by atomic mass is 16.3. The number of furan rings is 1. The number of hydrogen-bond acceptors (Lipinski definition) is 6. The van der Waals surface area contributed by atoms with Crippen LogP contribution < -0.4 is 4.90 Å². The Kier molecular flexibility index (Phi) is 4.49. The number of likely N-dealkylation sites (N-methyl/N-ethyl adjacent to an activating group) is 1. The number of fused-ring (bicyclic) bond motifs is 1. The van der Waals surface area contributed by atoms with Crippen molar-refractivity contribution in [2.24, 2.45) is 0 Å². The summed E-state index contributed by atoms with van der Waals surface area (Å²) in [6.45, 7) is 7.35. The average molecular weight is 327 g/mol. The number of aromatic nitrogens is 2. The number of nitrogens with zero attached hydrogens (tertiary/aromatic N) is 5. The first kappa shape index (κ1) is 15.6. The van der Waals surface area contributed by atoms with Crippen molar-refractivity contribution in [1.82, 2.24) is 19.8 Å². The fourth-order valence-electron chi connectivity index (χ4n) is 3.65. The van der Waals surface area contributed by atoms with Gasteiger partial charge in [0, 0.05) is 63.4 Å². The monoisotopic (exact) mass is 327 g/mol. The van der Waals surface area contributed by atoms with Gasteiger partial charge in [-0.15, -0.1) is 0 Å². The van der Waals surface area contributed by atoms with Crippen LogP contribution in [0.4, 0.5) is 5.82 Å². The summed E-state index contributed by atoms with van der Waals surface area (Å²) in [6, 6.07) is 2.05. The van der Waals surface area contributed by atoms with Crippen LogP contribution in [0.25, 0.3) is 0 Å². The molecule has 2 aliphatic heterocycles. The van der Waals surface area contributed by atoms with Crippen LogP contribution in [0.5, 0.6) is 0 Å². The van der Waals surface area contributed by atoms with Gasteiger partial charge in [-0.25, -0.2) is 9.97 Å². The minimum absolute atomic E-state index is 0.946. The molecule has 1 saturated heterocycles. The molecule has 0 aliphatic carbocycles. The first-order valence-corrected chi connectivity index (χ1v) is 8.79. The lowest BCUT2D eigenvalue weighted by molar-refractivity contribution is 0.278. The number of rotatable bonds is 3. The van der Waals surface area contributed by atoms with E-state index in [1.807, 2.05) is 12.3 Å². The molecule has 2 aromatic heterocycles. The number of piperazine rings is 1. The molecule has 2 aliphatic rings. The lowest BCUT2D eigenvalue weighted by atomic mass is 10.1. The molecule has 0 spiro atoms. The summed E-state index contributed by atoms with van der Waals surface area (Å²) in [5, 5.41) is 0. The molecule has 0 radical (unpaired) electrons. The van der Waals surface area contributed by atoms with E-state index in [2.05, 4.69) is 31.7 Å². The molecule has 24 heavy (non-hydrogen) atoms. The van der Waals surface area contributed by atoms with Crippen molar-refractivity contribution in [1.29, 1.82) is 0 Å². The number of anilines is 1. The van der Waals surface area contributed by atoms with Gasteiger partial charge in [0.1, 0.15) is 12.1 Å². The predicted molar refractivity (Wildman–Crippen MR) is 93.1 cm³/mol. The van der Waals surface area contributed by atoms with E-state index < -0.39 is 0 Å². The summed E-state index contributed by atoms with van der Waals surface area (Å²) in [5.41, 5.74) is 3.83. The summed E-state index contributed by atoms with van der Waals surface area (Å²) in [5.74, 6) is 1.17. The third-order valence-electron chi connectivity index (χ3n) is 5.14. The van der Waals surface area contributed by atoms with E-state index >= 15 is 0 Å². The SMILES string of the molecule is CN1CCN(c2ncnc3c2CCN(Cc2ccoc2)CC3)CC1. The molecule has 128 valence electrons. The van der Waals surface area contributed by atoms with Crippen molar-refractivity contribution < 1.29 is 4.42 Å². The Morgan fingerprint density at radius 1 is 1.04 bits per heavy atom. The molecule has 0 unspecified atom stereocenters. The topological polar surface area (TPSA) is 48.6 Å². The molecular weight excluding hydrogens is 302 g/mol. The summed E-state index contributed by atoms with van der Waals surface area (Å²) in [7, 11) is 2.19. The predicted octanol–water partition coefficient (Wildman–Crippen LogP) is 1.42. The Morgan fingerprint density at radius 3 is 2.67 bits per heavy atom. The minimum atomic E-state index is 0.946. The Morgan fingerprint density at radius 2 is 1.88 bits per heavy atom. The first-order valence-electron chi connectivity index (χ1n) is 8.79. The molecule has 6 heteroatoms. The molecule has 6 nitrogen and oxygen atoms in total. The van der Waals surface area contributed by atoms with E-state index in [0.29, 0.717) is 0 Å². The largest absolute Gasteiger partial charge is 0.472 e. The summed E-state index contributed by atoms with van der Waals surface area (Å²) >= 11 is 0. The van der Waals surface area contributed by atoms with Gasteiger partial charge >= 0.3 is 0 Å². The first-order chi connectivity index (χ1) is 11.8. The van der Waals surface area contributed by atoms with Crippen molar-refractivity contribution in [2.45, 2.75) is 19.4 Å². The molecule has 2 aromatic rings. The summed E-state index contributed by atoms with van der Waals surface area (Å²) in [4.78, 5) is 16.5. The maximum absolute atomic E-state index is 5.20. The summed E-state index contributed by atoms with van der Waals surface area (Å²) < 4.78 is 5.20. The highest BCUT2D eigenvalue weighted by Crippen LogP contribution is 2.25. The van der Waals surface area contributed by atoms with Gasteiger partial charge in [0.25, 0.3) is 0 Å². The van der Waals surface area contributed by atoms with Gasteiger partial charge in [-0.2, -0.15) is 0 Å². The fourth-order valence-corrected chi connectivity index (χ4v) is 3.65. The molecule has 0 bridgehead atoms. The quantitative estimate of drug-likeness (QED) is 0.850. The van der Waals surface area contributed by atoms with Crippen molar-refractivity contribution in [3.63, 3.8) is 0 Å². The van der Waals surface area contributed by atoms with Crippen LogP contribution in [0, 0.1) is 0 Å². The van der Waals surface area contributed by atoms with Gasteiger partial charge in [-0.1, -0.05) is 0 Å². The van der Waals surface area contributed by atoms with Crippen LogP contribution >= 0.6 is 0 Å². The fraction of sp³-hybridized carbons (Fsp3) is 0.556. The van der Waals surface area contributed by atoms with Gasteiger partial charge in [-0.05, 0) is 19.5 Å². The summed E-state index contributed by atoms with van der Waals surface area (Å²) in [6.07, 6.45) is 7.36. The van der Waals surface area contributed by atoms with Gasteiger partial charge in [0.2, 0.25) is 0 Å². The second-order valence-electron chi connectivity index (χ2n) is 6.82. The molecule has 1 fully saturated rings. The van der Waals surface area contributed by atoms with Crippen LogP contribution in [0.3, 0.4) is 0 Å². The van der Waals surface area contributed by atoms with Crippen LogP contribution in [0.1, 0.15) is 16.8 Å². The van der Waals surface area contributed by atoms with Crippen LogP contribution in [0.2, 0.25) is 0 Å². The molecule has 0 amide bonds. The minimum Gasteiger partial charge on any atom is -0.472 e. The van der Waals surface area contributed by atoms with Gasteiger partial charge in [0.15, 0.2) is 0 Å². The zero-order valence-electron chi connectivity index (χ0n) is 14.3. The van der Waals surface area contributed by atoms with E-state index in [9.17, 15) is 0 Å². The highest BCUT2D eigenvalue weighted by molar-refractivity contribution is 5.49. The van der Waals surface area contributed by atoms with E-state index in [4.69, 9.17) is 4.42 Å². The molecular formula is C18H25N5O. The maximum atomic E-state index is 5.20. The second-order valence-corrected chi connectivity index (χ2v) is 6.82. The second kappa shape index (κ2) is 6.91. The third kappa shape index (κ3) is 3.30. The van der Waals surface area contributed by atoms with Gasteiger partial charge < -0.3 is 14.2 Å². The Hall–Kier alpha value is -1.92.